The Hall–Kier alpha value is -1.91. The van der Waals surface area contributed by atoms with E-state index in [2.05, 4.69) is 5.32 Å². The van der Waals surface area contributed by atoms with E-state index in [-0.39, 0.29) is 6.03 Å². The van der Waals surface area contributed by atoms with Gasteiger partial charge in [-0.15, -0.1) is 0 Å². The minimum absolute atomic E-state index is 0.0424. The zero-order valence-corrected chi connectivity index (χ0v) is 15.8. The van der Waals surface area contributed by atoms with Gasteiger partial charge in [0.1, 0.15) is 18.1 Å². The highest BCUT2D eigenvalue weighted by Gasteiger charge is 2.48. The van der Waals surface area contributed by atoms with Crippen LogP contribution in [0.4, 0.5) is 4.79 Å². The zero-order chi connectivity index (χ0) is 18.1. The Morgan fingerprint density at radius 2 is 1.62 bits per heavy atom. The summed E-state index contributed by atoms with van der Waals surface area (Å²) < 4.78 is 10.9. The van der Waals surface area contributed by atoms with Gasteiger partial charge in [0.2, 0.25) is 0 Å². The minimum Gasteiger partial charge on any atom is -0.497 e. The van der Waals surface area contributed by atoms with Crippen molar-refractivity contribution in [3.63, 3.8) is 0 Å². The van der Waals surface area contributed by atoms with E-state index in [4.69, 9.17) is 9.47 Å². The number of nitrogens with zero attached hydrogens (tertiary/aromatic N) is 1. The van der Waals surface area contributed by atoms with Crippen molar-refractivity contribution in [1.82, 2.24) is 10.2 Å². The third-order valence-corrected chi connectivity index (χ3v) is 6.62. The van der Waals surface area contributed by atoms with E-state index in [9.17, 15) is 4.79 Å². The van der Waals surface area contributed by atoms with Crippen molar-refractivity contribution in [1.29, 1.82) is 0 Å². The zero-order valence-electron chi connectivity index (χ0n) is 15.8. The summed E-state index contributed by atoms with van der Waals surface area (Å²) in [5.41, 5.74) is 0. The average molecular weight is 358 g/mol. The largest absolute Gasteiger partial charge is 0.497 e. The summed E-state index contributed by atoms with van der Waals surface area (Å²) >= 11 is 0. The molecular formula is C21H30N2O3. The summed E-state index contributed by atoms with van der Waals surface area (Å²) in [4.78, 5) is 14.3. The number of amides is 2. The molecule has 0 spiro atoms. The maximum atomic E-state index is 12.6. The van der Waals surface area contributed by atoms with Crippen molar-refractivity contribution in [2.24, 2.45) is 23.7 Å². The van der Waals surface area contributed by atoms with Gasteiger partial charge in [0, 0.05) is 13.1 Å². The highest BCUT2D eigenvalue weighted by Crippen LogP contribution is 2.53. The van der Waals surface area contributed by atoms with Crippen LogP contribution in [-0.2, 0) is 0 Å². The predicted octanol–water partition coefficient (Wildman–Crippen LogP) is 3.54. The molecule has 26 heavy (non-hydrogen) atoms. The summed E-state index contributed by atoms with van der Waals surface area (Å²) in [6, 6.07) is 7.94. The summed E-state index contributed by atoms with van der Waals surface area (Å²) in [7, 11) is 3.50. The standard InChI is InChI=1S/C21H30N2O3/c1-23(7-8-26-19-5-3-18(25-2)4-6-19)21(24)22-20-16-10-14-9-15(12-16)13-17(20)11-14/h3-6,14-17,20H,7-13H2,1-2H3,(H,22,24). The number of carbonyl (C=O) groups excluding carboxylic acids is 1. The fourth-order valence-corrected chi connectivity index (χ4v) is 5.49. The number of hydrogen-bond acceptors (Lipinski definition) is 3. The number of likely N-dealkylation sites (N-methyl/N-ethyl adjacent to an activating group) is 1. The second kappa shape index (κ2) is 7.37. The summed E-state index contributed by atoms with van der Waals surface area (Å²) in [5.74, 6) is 4.88. The van der Waals surface area contributed by atoms with Crippen molar-refractivity contribution in [2.75, 3.05) is 27.3 Å². The van der Waals surface area contributed by atoms with E-state index in [1.807, 2.05) is 31.3 Å². The first-order valence-corrected chi connectivity index (χ1v) is 9.91. The van der Waals surface area contributed by atoms with Gasteiger partial charge in [-0.05, 0) is 80.0 Å². The van der Waals surface area contributed by atoms with Gasteiger partial charge in [-0.3, -0.25) is 0 Å². The highest BCUT2D eigenvalue weighted by molar-refractivity contribution is 5.74. The maximum absolute atomic E-state index is 12.6. The van der Waals surface area contributed by atoms with Crippen molar-refractivity contribution in [3.8, 4) is 11.5 Å². The fraction of sp³-hybridized carbons (Fsp3) is 0.667. The topological polar surface area (TPSA) is 50.8 Å². The molecule has 4 bridgehead atoms. The molecule has 1 aromatic rings. The number of rotatable bonds is 6. The Morgan fingerprint density at radius 3 is 2.19 bits per heavy atom. The third-order valence-electron chi connectivity index (χ3n) is 6.62. The van der Waals surface area contributed by atoms with Crippen LogP contribution in [0.2, 0.25) is 0 Å². The maximum Gasteiger partial charge on any atom is 0.317 e. The van der Waals surface area contributed by atoms with Crippen LogP contribution in [0.3, 0.4) is 0 Å². The van der Waals surface area contributed by atoms with Crippen LogP contribution in [0.15, 0.2) is 24.3 Å². The van der Waals surface area contributed by atoms with E-state index in [1.165, 1.54) is 32.1 Å². The molecule has 4 saturated carbocycles. The molecular weight excluding hydrogens is 328 g/mol. The monoisotopic (exact) mass is 358 g/mol. The molecule has 4 aliphatic rings. The highest BCUT2D eigenvalue weighted by atomic mass is 16.5. The van der Waals surface area contributed by atoms with Gasteiger partial charge in [0.25, 0.3) is 0 Å². The molecule has 2 amide bonds. The molecule has 0 radical (unpaired) electrons. The first kappa shape index (κ1) is 17.5. The van der Waals surface area contributed by atoms with E-state index in [1.54, 1.807) is 12.0 Å². The number of carbonyl (C=O) groups is 1. The molecule has 0 aliphatic heterocycles. The van der Waals surface area contributed by atoms with E-state index < -0.39 is 0 Å². The number of urea groups is 1. The van der Waals surface area contributed by atoms with Gasteiger partial charge in [0.15, 0.2) is 0 Å². The molecule has 0 unspecified atom stereocenters. The molecule has 5 rings (SSSR count). The van der Waals surface area contributed by atoms with Crippen molar-refractivity contribution in [2.45, 2.75) is 38.1 Å². The van der Waals surface area contributed by atoms with Crippen LogP contribution in [-0.4, -0.2) is 44.3 Å². The van der Waals surface area contributed by atoms with Gasteiger partial charge in [0.05, 0.1) is 13.7 Å². The number of benzene rings is 1. The van der Waals surface area contributed by atoms with Crippen LogP contribution in [0.25, 0.3) is 0 Å². The van der Waals surface area contributed by atoms with Crippen molar-refractivity contribution in [3.05, 3.63) is 24.3 Å². The predicted molar refractivity (Wildman–Crippen MR) is 100 cm³/mol. The van der Waals surface area contributed by atoms with Crippen molar-refractivity contribution >= 4 is 6.03 Å². The molecule has 5 nitrogen and oxygen atoms in total. The smallest absolute Gasteiger partial charge is 0.317 e. The number of ether oxygens (including phenoxy) is 2. The normalized spacial score (nSPS) is 31.5. The van der Waals surface area contributed by atoms with Crippen LogP contribution in [0, 0.1) is 23.7 Å². The van der Waals surface area contributed by atoms with E-state index in [0.29, 0.717) is 31.0 Å². The molecule has 0 saturated heterocycles. The lowest BCUT2D eigenvalue weighted by atomic mass is 9.54. The third kappa shape index (κ3) is 3.62. The van der Waals surface area contributed by atoms with E-state index >= 15 is 0 Å². The van der Waals surface area contributed by atoms with Gasteiger partial charge < -0.3 is 19.7 Å². The van der Waals surface area contributed by atoms with E-state index in [0.717, 1.165) is 23.3 Å². The van der Waals surface area contributed by atoms with Crippen LogP contribution in [0.5, 0.6) is 11.5 Å². The lowest BCUT2D eigenvalue weighted by Crippen LogP contribution is -2.57. The molecule has 0 heterocycles. The second-order valence-electron chi connectivity index (χ2n) is 8.35. The first-order valence-electron chi connectivity index (χ1n) is 9.91. The Bertz CT molecular complexity index is 603. The summed E-state index contributed by atoms with van der Waals surface area (Å²) in [6.45, 7) is 1.06. The Kier molecular flexibility index (Phi) is 4.96. The van der Waals surface area contributed by atoms with Gasteiger partial charge in [-0.2, -0.15) is 0 Å². The molecule has 0 atom stereocenters. The lowest BCUT2D eigenvalue weighted by Gasteiger charge is -2.54. The minimum atomic E-state index is 0.0424. The Labute approximate surface area is 156 Å². The van der Waals surface area contributed by atoms with Crippen LogP contribution in [0.1, 0.15) is 32.1 Å². The molecule has 142 valence electrons. The molecule has 4 fully saturated rings. The van der Waals surface area contributed by atoms with Gasteiger partial charge in [-0.1, -0.05) is 0 Å². The molecule has 1 aromatic carbocycles. The van der Waals surface area contributed by atoms with Crippen LogP contribution < -0.4 is 14.8 Å². The van der Waals surface area contributed by atoms with Crippen molar-refractivity contribution < 1.29 is 14.3 Å². The quantitative estimate of drug-likeness (QED) is 0.846. The first-order chi connectivity index (χ1) is 12.6. The number of methoxy groups -OCH3 is 1. The number of hydrogen-bond donors (Lipinski definition) is 1. The average Bonchev–Trinajstić information content (AvgIpc) is 2.64. The molecule has 4 aliphatic carbocycles. The fourth-order valence-electron chi connectivity index (χ4n) is 5.49. The Balaban J connectivity index is 1.23. The second-order valence-corrected chi connectivity index (χ2v) is 8.35. The van der Waals surface area contributed by atoms with Gasteiger partial charge in [-0.25, -0.2) is 4.79 Å². The summed E-state index contributed by atoms with van der Waals surface area (Å²) in [5, 5.41) is 3.34. The lowest BCUT2D eigenvalue weighted by molar-refractivity contribution is -0.0108. The molecule has 0 aromatic heterocycles. The SMILES string of the molecule is COc1ccc(OCCN(C)C(=O)NC2C3CC4CC(C3)CC2C4)cc1. The van der Waals surface area contributed by atoms with Gasteiger partial charge >= 0.3 is 6.03 Å². The Morgan fingerprint density at radius 1 is 1.04 bits per heavy atom. The number of nitrogens with one attached hydrogen (secondary N) is 1. The summed E-state index contributed by atoms with van der Waals surface area (Å²) in [6.07, 6.45) is 6.73. The molecule has 5 heteroatoms. The molecule has 1 N–H and O–H groups in total. The van der Waals surface area contributed by atoms with Crippen LogP contribution >= 0.6 is 0 Å².